The molecule has 1 saturated heterocycles. The lowest BCUT2D eigenvalue weighted by Gasteiger charge is -2.37. The van der Waals surface area contributed by atoms with E-state index in [0.717, 1.165) is 25.2 Å². The van der Waals surface area contributed by atoms with Crippen LogP contribution < -0.4 is 11.1 Å². The summed E-state index contributed by atoms with van der Waals surface area (Å²) in [6, 6.07) is 4.45. The topological polar surface area (TPSA) is 50.9 Å². The zero-order chi connectivity index (χ0) is 11.2. The molecule has 2 heterocycles. The lowest BCUT2D eigenvalue weighted by molar-refractivity contribution is 0.173. The molecule has 1 fully saturated rings. The van der Waals surface area contributed by atoms with Gasteiger partial charge in [-0.1, -0.05) is 6.07 Å². The van der Waals surface area contributed by atoms with Crippen molar-refractivity contribution in [2.45, 2.75) is 32.2 Å². The quantitative estimate of drug-likeness (QED) is 0.741. The average Bonchev–Trinajstić information content (AvgIpc) is 2.53. The van der Waals surface area contributed by atoms with E-state index < -0.39 is 0 Å². The molecular formula is C13H20ClN3. The van der Waals surface area contributed by atoms with Crippen molar-refractivity contribution in [3.05, 3.63) is 29.1 Å². The van der Waals surface area contributed by atoms with Gasteiger partial charge in [-0.2, -0.15) is 0 Å². The maximum Gasteiger partial charge on any atom is 0.0460 e. The molecule has 3 N–H and O–H groups in total. The van der Waals surface area contributed by atoms with E-state index in [-0.39, 0.29) is 23.9 Å². The molecule has 94 valence electrons. The first-order valence-electron chi connectivity index (χ1n) is 6.14. The van der Waals surface area contributed by atoms with Crippen molar-refractivity contribution in [3.63, 3.8) is 0 Å². The molecule has 0 bridgehead atoms. The Labute approximate surface area is 109 Å². The molecule has 2 aliphatic rings. The molecule has 0 unspecified atom stereocenters. The van der Waals surface area contributed by atoms with E-state index in [0.29, 0.717) is 0 Å². The average molecular weight is 254 g/mol. The van der Waals surface area contributed by atoms with Gasteiger partial charge in [-0.15, -0.1) is 12.4 Å². The minimum Gasteiger partial charge on any atom is -0.323 e. The third-order valence-corrected chi connectivity index (χ3v) is 4.26. The van der Waals surface area contributed by atoms with Gasteiger partial charge in [-0.3, -0.25) is 4.98 Å². The van der Waals surface area contributed by atoms with Gasteiger partial charge in [0.25, 0.3) is 0 Å². The summed E-state index contributed by atoms with van der Waals surface area (Å²) in [7, 11) is 0. The van der Waals surface area contributed by atoms with Crippen molar-refractivity contribution < 1.29 is 0 Å². The van der Waals surface area contributed by atoms with Gasteiger partial charge in [-0.05, 0) is 56.3 Å². The second-order valence-corrected chi connectivity index (χ2v) is 5.26. The lowest BCUT2D eigenvalue weighted by atomic mass is 9.74. The van der Waals surface area contributed by atoms with Crippen LogP contribution in [0, 0.1) is 12.3 Å². The minimum absolute atomic E-state index is 0. The van der Waals surface area contributed by atoms with Gasteiger partial charge in [0.15, 0.2) is 0 Å². The van der Waals surface area contributed by atoms with E-state index in [9.17, 15) is 0 Å². The van der Waals surface area contributed by atoms with Gasteiger partial charge in [0, 0.05) is 17.4 Å². The number of hydrogen-bond acceptors (Lipinski definition) is 3. The van der Waals surface area contributed by atoms with Crippen LogP contribution in [0.25, 0.3) is 0 Å². The van der Waals surface area contributed by atoms with E-state index in [1.54, 1.807) is 0 Å². The fourth-order valence-corrected chi connectivity index (χ4v) is 3.23. The van der Waals surface area contributed by atoms with Crippen LogP contribution in [-0.2, 0) is 6.42 Å². The fraction of sp³-hybridized carbons (Fsp3) is 0.615. The Kier molecular flexibility index (Phi) is 3.43. The standard InChI is InChI=1S/C13H19N3.ClH/c1-9-2-3-10-11(16-9)8-13(12(10)14)4-6-15-7-5-13;/h2-3,12,15H,4-8,14H2,1H3;1H/t12-;/m1./s1. The summed E-state index contributed by atoms with van der Waals surface area (Å²) in [6.07, 6.45) is 3.44. The van der Waals surface area contributed by atoms with Gasteiger partial charge in [0.2, 0.25) is 0 Å². The second-order valence-electron chi connectivity index (χ2n) is 5.26. The molecule has 1 aliphatic heterocycles. The highest BCUT2D eigenvalue weighted by molar-refractivity contribution is 5.85. The lowest BCUT2D eigenvalue weighted by Crippen LogP contribution is -2.42. The third-order valence-electron chi connectivity index (χ3n) is 4.26. The molecule has 1 aliphatic carbocycles. The Bertz CT molecular complexity index is 413. The first-order valence-corrected chi connectivity index (χ1v) is 6.14. The molecule has 3 nitrogen and oxygen atoms in total. The van der Waals surface area contributed by atoms with E-state index in [4.69, 9.17) is 5.73 Å². The van der Waals surface area contributed by atoms with Crippen molar-refractivity contribution >= 4 is 12.4 Å². The van der Waals surface area contributed by atoms with Crippen molar-refractivity contribution in [2.75, 3.05) is 13.1 Å². The maximum atomic E-state index is 6.44. The van der Waals surface area contributed by atoms with Gasteiger partial charge in [0.1, 0.15) is 0 Å². The summed E-state index contributed by atoms with van der Waals surface area (Å²) < 4.78 is 0. The van der Waals surface area contributed by atoms with Gasteiger partial charge >= 0.3 is 0 Å². The Balaban J connectivity index is 0.00000108. The van der Waals surface area contributed by atoms with Crippen LogP contribution in [0.4, 0.5) is 0 Å². The molecule has 0 amide bonds. The van der Waals surface area contributed by atoms with E-state index >= 15 is 0 Å². The number of hydrogen-bond donors (Lipinski definition) is 2. The molecule has 1 spiro atoms. The van der Waals surface area contributed by atoms with Crippen molar-refractivity contribution in [3.8, 4) is 0 Å². The summed E-state index contributed by atoms with van der Waals surface area (Å²) in [5, 5.41) is 3.42. The molecule has 17 heavy (non-hydrogen) atoms. The van der Waals surface area contributed by atoms with Crippen LogP contribution >= 0.6 is 12.4 Å². The SMILES string of the molecule is Cc1ccc2c(n1)CC1(CCNCC1)[C@@H]2N.Cl. The number of fused-ring (bicyclic) bond motifs is 1. The number of nitrogens with one attached hydrogen (secondary N) is 1. The predicted molar refractivity (Wildman–Crippen MR) is 71.4 cm³/mol. The van der Waals surface area contributed by atoms with Crippen LogP contribution in [0.1, 0.15) is 35.8 Å². The first kappa shape index (κ1) is 12.8. The van der Waals surface area contributed by atoms with Gasteiger partial charge < -0.3 is 11.1 Å². The Hall–Kier alpha value is -0.640. The number of rotatable bonds is 0. The number of pyridine rings is 1. The summed E-state index contributed by atoms with van der Waals surface area (Å²) in [5.74, 6) is 0. The number of aryl methyl sites for hydroxylation is 1. The van der Waals surface area contributed by atoms with E-state index in [2.05, 4.69) is 29.4 Å². The fourth-order valence-electron chi connectivity index (χ4n) is 3.23. The highest BCUT2D eigenvalue weighted by Gasteiger charge is 2.45. The monoisotopic (exact) mass is 253 g/mol. The Morgan fingerprint density at radius 2 is 2.06 bits per heavy atom. The molecule has 0 aromatic carbocycles. The van der Waals surface area contributed by atoms with Crippen LogP contribution in [-0.4, -0.2) is 18.1 Å². The Morgan fingerprint density at radius 3 is 2.76 bits per heavy atom. The normalized spacial score (nSPS) is 25.4. The number of aromatic nitrogens is 1. The molecule has 0 saturated carbocycles. The van der Waals surface area contributed by atoms with Crippen LogP contribution in [0.3, 0.4) is 0 Å². The molecule has 1 aromatic heterocycles. The summed E-state index contributed by atoms with van der Waals surface area (Å²) >= 11 is 0. The van der Waals surface area contributed by atoms with E-state index in [1.807, 2.05) is 0 Å². The van der Waals surface area contributed by atoms with Crippen LogP contribution in [0.15, 0.2) is 12.1 Å². The smallest absolute Gasteiger partial charge is 0.0460 e. The zero-order valence-corrected chi connectivity index (χ0v) is 11.0. The maximum absolute atomic E-state index is 6.44. The van der Waals surface area contributed by atoms with Gasteiger partial charge in [0.05, 0.1) is 0 Å². The van der Waals surface area contributed by atoms with Crippen molar-refractivity contribution in [1.29, 1.82) is 0 Å². The number of nitrogens with two attached hydrogens (primary N) is 1. The molecule has 1 atom stereocenters. The van der Waals surface area contributed by atoms with E-state index in [1.165, 1.54) is 24.1 Å². The van der Waals surface area contributed by atoms with Crippen LogP contribution in [0.2, 0.25) is 0 Å². The molecular weight excluding hydrogens is 234 g/mol. The predicted octanol–water partition coefficient (Wildman–Crippen LogP) is 1.74. The first-order chi connectivity index (χ1) is 7.71. The van der Waals surface area contributed by atoms with Crippen LogP contribution in [0.5, 0.6) is 0 Å². The highest BCUT2D eigenvalue weighted by Crippen LogP contribution is 2.48. The van der Waals surface area contributed by atoms with Gasteiger partial charge in [-0.25, -0.2) is 0 Å². The molecule has 4 heteroatoms. The third kappa shape index (κ3) is 1.96. The molecule has 1 aromatic rings. The largest absolute Gasteiger partial charge is 0.323 e. The zero-order valence-electron chi connectivity index (χ0n) is 10.2. The molecule has 0 radical (unpaired) electrons. The molecule has 3 rings (SSSR count). The van der Waals surface area contributed by atoms with Crippen molar-refractivity contribution in [1.82, 2.24) is 10.3 Å². The second kappa shape index (κ2) is 4.56. The number of halogens is 1. The summed E-state index contributed by atoms with van der Waals surface area (Å²) in [5.41, 5.74) is 10.4. The summed E-state index contributed by atoms with van der Waals surface area (Å²) in [4.78, 5) is 4.65. The number of nitrogens with zero attached hydrogens (tertiary/aromatic N) is 1. The Morgan fingerprint density at radius 1 is 1.35 bits per heavy atom. The summed E-state index contributed by atoms with van der Waals surface area (Å²) in [6.45, 7) is 4.25. The number of piperidine rings is 1. The van der Waals surface area contributed by atoms with Crippen molar-refractivity contribution in [2.24, 2.45) is 11.1 Å². The highest BCUT2D eigenvalue weighted by atomic mass is 35.5. The minimum atomic E-state index is 0.